The van der Waals surface area contributed by atoms with Crippen molar-refractivity contribution in [2.75, 3.05) is 5.32 Å². The van der Waals surface area contributed by atoms with Gasteiger partial charge in [-0.2, -0.15) is 0 Å². The van der Waals surface area contributed by atoms with Crippen molar-refractivity contribution in [1.82, 2.24) is 0 Å². The van der Waals surface area contributed by atoms with Crippen LogP contribution in [-0.4, -0.2) is 19.3 Å². The van der Waals surface area contributed by atoms with E-state index in [1.54, 1.807) is 12.1 Å². The van der Waals surface area contributed by atoms with Crippen molar-refractivity contribution in [3.05, 3.63) is 130 Å². The van der Waals surface area contributed by atoms with Crippen LogP contribution in [0.3, 0.4) is 0 Å². The molecule has 2 N–H and O–H groups in total. The number of amides is 1. The fourth-order valence-electron chi connectivity index (χ4n) is 5.28. The van der Waals surface area contributed by atoms with Crippen molar-refractivity contribution in [1.29, 1.82) is 0 Å². The van der Waals surface area contributed by atoms with E-state index in [2.05, 4.69) is 55.1 Å². The summed E-state index contributed by atoms with van der Waals surface area (Å²) in [4.78, 5) is 13.3. The Kier molecular flexibility index (Phi) is 13.0. The van der Waals surface area contributed by atoms with Gasteiger partial charge in [0.2, 0.25) is 5.91 Å². The Morgan fingerprint density at radius 2 is 1.55 bits per heavy atom. The molecule has 0 saturated heterocycles. The van der Waals surface area contributed by atoms with Crippen LogP contribution in [0.15, 0.2) is 108 Å². The van der Waals surface area contributed by atoms with Gasteiger partial charge in [0.15, 0.2) is 8.32 Å². The number of aliphatic hydroxyl groups is 1. The molecule has 4 aromatic rings. The highest BCUT2D eigenvalue weighted by atomic mass is 79.9. The summed E-state index contributed by atoms with van der Waals surface area (Å²) >= 11 is 3.55. The molecule has 8 heteroatoms. The normalized spacial score (nSPS) is 13.9. The molecular weight excluding hydrogens is 673 g/mol. The zero-order chi connectivity index (χ0) is 34.0. The van der Waals surface area contributed by atoms with Crippen molar-refractivity contribution in [2.24, 2.45) is 5.92 Å². The van der Waals surface area contributed by atoms with Gasteiger partial charge in [0.25, 0.3) is 0 Å². The Labute approximate surface area is 288 Å². The number of ether oxygens (including phenoxy) is 1. The van der Waals surface area contributed by atoms with Crippen LogP contribution >= 0.6 is 15.9 Å². The van der Waals surface area contributed by atoms with Crippen LogP contribution in [0.25, 0.3) is 0 Å². The number of hydrogen-bond acceptors (Lipinski definition) is 4. The molecule has 1 amide bonds. The first kappa shape index (κ1) is 36.5. The molecule has 0 aromatic heterocycles. The fraction of sp³-hybridized carbons (Fsp3) is 0.359. The standard InChI is InChI=1S/C39H47BrFNO4Si/c1-39(2,3)47(4,5)46-35(29-19-22-32(41)23-20-29)18-12-15-30(25-37(43)42-33-16-10-7-11-17-33)38(44)34-24-21-31(40)26-36(34)45-27-28-13-8-6-9-14-28/h6-11,13-14,16-17,19-24,26,30,35,38,44H,12,15,18,25,27H2,1-5H3,(H,42,43)/t30?,35-,38-/m1/s1. The van der Waals surface area contributed by atoms with E-state index in [4.69, 9.17) is 9.16 Å². The second-order valence-corrected chi connectivity index (χ2v) is 19.3. The van der Waals surface area contributed by atoms with E-state index in [0.717, 1.165) is 15.6 Å². The summed E-state index contributed by atoms with van der Waals surface area (Å²) in [6.07, 6.45) is 0.850. The van der Waals surface area contributed by atoms with Crippen LogP contribution in [0.4, 0.5) is 10.1 Å². The zero-order valence-corrected chi connectivity index (χ0v) is 30.6. The van der Waals surface area contributed by atoms with E-state index >= 15 is 0 Å². The highest BCUT2D eigenvalue weighted by Gasteiger charge is 2.39. The van der Waals surface area contributed by atoms with Crippen LogP contribution in [-0.2, 0) is 15.8 Å². The van der Waals surface area contributed by atoms with Gasteiger partial charge in [-0.25, -0.2) is 4.39 Å². The second-order valence-electron chi connectivity index (χ2n) is 13.6. The van der Waals surface area contributed by atoms with Crippen molar-refractivity contribution in [3.8, 4) is 5.75 Å². The highest BCUT2D eigenvalue weighted by molar-refractivity contribution is 9.10. The molecule has 47 heavy (non-hydrogen) atoms. The summed E-state index contributed by atoms with van der Waals surface area (Å²) in [6, 6.07) is 31.4. The number of aliphatic hydroxyl groups excluding tert-OH is 1. The van der Waals surface area contributed by atoms with Crippen molar-refractivity contribution >= 4 is 35.8 Å². The Balaban J connectivity index is 1.57. The van der Waals surface area contributed by atoms with Crippen molar-refractivity contribution in [3.63, 3.8) is 0 Å². The lowest BCUT2D eigenvalue weighted by atomic mass is 9.87. The van der Waals surface area contributed by atoms with Gasteiger partial charge < -0.3 is 19.6 Å². The predicted molar refractivity (Wildman–Crippen MR) is 194 cm³/mol. The third-order valence-electron chi connectivity index (χ3n) is 9.01. The molecule has 0 saturated carbocycles. The lowest BCUT2D eigenvalue weighted by Crippen LogP contribution is -2.41. The minimum Gasteiger partial charge on any atom is -0.488 e. The quantitative estimate of drug-likeness (QED) is 0.120. The summed E-state index contributed by atoms with van der Waals surface area (Å²) in [5.41, 5.74) is 3.29. The second kappa shape index (κ2) is 16.7. The third-order valence-corrected chi connectivity index (χ3v) is 14.0. The molecule has 0 spiro atoms. The van der Waals surface area contributed by atoms with Gasteiger partial charge in [0.05, 0.1) is 12.2 Å². The van der Waals surface area contributed by atoms with E-state index < -0.39 is 20.3 Å². The van der Waals surface area contributed by atoms with Crippen molar-refractivity contribution in [2.45, 2.75) is 83.4 Å². The van der Waals surface area contributed by atoms with E-state index in [1.807, 2.05) is 78.9 Å². The maximum Gasteiger partial charge on any atom is 0.224 e. The predicted octanol–water partition coefficient (Wildman–Crippen LogP) is 10.8. The maximum atomic E-state index is 13.9. The molecule has 0 bridgehead atoms. The number of carbonyl (C=O) groups is 1. The molecule has 1 unspecified atom stereocenters. The van der Waals surface area contributed by atoms with E-state index in [9.17, 15) is 14.3 Å². The minimum absolute atomic E-state index is 0.00271. The van der Waals surface area contributed by atoms with Crippen LogP contribution in [0.5, 0.6) is 5.75 Å². The molecule has 4 aromatic carbocycles. The Morgan fingerprint density at radius 1 is 0.915 bits per heavy atom. The first-order valence-electron chi connectivity index (χ1n) is 16.2. The first-order chi connectivity index (χ1) is 22.3. The van der Waals surface area contributed by atoms with Gasteiger partial charge in [0, 0.05) is 22.1 Å². The molecule has 3 atom stereocenters. The first-order valence-corrected chi connectivity index (χ1v) is 19.9. The summed E-state index contributed by atoms with van der Waals surface area (Å²) in [5, 5.41) is 14.9. The number of benzene rings is 4. The largest absolute Gasteiger partial charge is 0.488 e. The number of hydrogen-bond donors (Lipinski definition) is 2. The maximum absolute atomic E-state index is 13.9. The smallest absolute Gasteiger partial charge is 0.224 e. The Hall–Kier alpha value is -3.30. The molecule has 0 heterocycles. The lowest BCUT2D eigenvalue weighted by molar-refractivity contribution is -0.118. The molecule has 5 nitrogen and oxygen atoms in total. The average Bonchev–Trinajstić information content (AvgIpc) is 3.03. The number of anilines is 1. The van der Waals surface area contributed by atoms with E-state index in [1.165, 1.54) is 12.1 Å². The van der Waals surface area contributed by atoms with Crippen LogP contribution in [0.2, 0.25) is 18.1 Å². The number of carbonyl (C=O) groups excluding carboxylic acids is 1. The number of nitrogens with one attached hydrogen (secondary N) is 1. The summed E-state index contributed by atoms with van der Waals surface area (Å²) in [5.74, 6) is -0.292. The molecule has 0 radical (unpaired) electrons. The number of rotatable bonds is 15. The minimum atomic E-state index is -2.16. The Bertz CT molecular complexity index is 1560. The van der Waals surface area contributed by atoms with Gasteiger partial charge in [-0.15, -0.1) is 0 Å². The SMILES string of the molecule is CC(C)(C)[Si](C)(C)O[C@H](CCCC(CC(=O)Nc1ccccc1)[C@@H](O)c1ccc(Br)cc1OCc1ccccc1)c1ccc(F)cc1. The zero-order valence-electron chi connectivity index (χ0n) is 28.0. The van der Waals surface area contributed by atoms with Gasteiger partial charge >= 0.3 is 0 Å². The van der Waals surface area contributed by atoms with E-state index in [-0.39, 0.29) is 29.3 Å². The van der Waals surface area contributed by atoms with Crippen LogP contribution in [0.1, 0.15) is 75.4 Å². The van der Waals surface area contributed by atoms with Gasteiger partial charge in [-0.05, 0) is 84.4 Å². The fourth-order valence-corrected chi connectivity index (χ4v) is 6.94. The lowest BCUT2D eigenvalue weighted by Gasteiger charge is -2.39. The molecule has 0 aliphatic carbocycles. The monoisotopic (exact) mass is 719 g/mol. The van der Waals surface area contributed by atoms with Gasteiger partial charge in [-0.3, -0.25) is 4.79 Å². The van der Waals surface area contributed by atoms with Gasteiger partial charge in [0.1, 0.15) is 18.2 Å². The van der Waals surface area contributed by atoms with E-state index in [0.29, 0.717) is 42.9 Å². The van der Waals surface area contributed by atoms with Gasteiger partial charge in [-0.1, -0.05) is 110 Å². The Morgan fingerprint density at radius 3 is 2.19 bits per heavy atom. The molecule has 0 aliphatic heterocycles. The van der Waals surface area contributed by atoms with Crippen molar-refractivity contribution < 1.29 is 23.5 Å². The summed E-state index contributed by atoms with van der Waals surface area (Å²) < 4.78 is 27.8. The third kappa shape index (κ3) is 10.9. The molecule has 4 rings (SSSR count). The van der Waals surface area contributed by atoms with Crippen LogP contribution < -0.4 is 10.1 Å². The highest BCUT2D eigenvalue weighted by Crippen LogP contribution is 2.42. The average molecular weight is 721 g/mol. The molecular formula is C39H47BrFNO4Si. The number of para-hydroxylation sites is 1. The molecule has 250 valence electrons. The summed E-state index contributed by atoms with van der Waals surface area (Å²) in [7, 11) is -2.16. The number of halogens is 2. The topological polar surface area (TPSA) is 67.8 Å². The molecule has 0 aliphatic rings. The molecule has 0 fully saturated rings. The summed E-state index contributed by atoms with van der Waals surface area (Å²) in [6.45, 7) is 11.4. The van der Waals surface area contributed by atoms with Crippen LogP contribution in [0, 0.1) is 11.7 Å².